The van der Waals surface area contributed by atoms with Crippen LogP contribution >= 0.6 is 23.2 Å². The number of benzene rings is 1. The molecule has 0 spiro atoms. The van der Waals surface area contributed by atoms with Crippen LogP contribution in [0.5, 0.6) is 0 Å². The lowest BCUT2D eigenvalue weighted by molar-refractivity contribution is -0.130. The summed E-state index contributed by atoms with van der Waals surface area (Å²) in [5.74, 6) is 0.0898. The van der Waals surface area contributed by atoms with Gasteiger partial charge in [0.05, 0.1) is 10.0 Å². The molecule has 100 valence electrons. The largest absolute Gasteiger partial charge is 0.341 e. The van der Waals surface area contributed by atoms with Crippen LogP contribution in [0.1, 0.15) is 18.9 Å². The Morgan fingerprint density at radius 1 is 1.39 bits per heavy atom. The van der Waals surface area contributed by atoms with Crippen molar-refractivity contribution in [3.05, 3.63) is 33.8 Å². The predicted molar refractivity (Wildman–Crippen MR) is 76.1 cm³/mol. The molecule has 0 saturated carbocycles. The Morgan fingerprint density at radius 2 is 2.11 bits per heavy atom. The smallest absolute Gasteiger partial charge is 0.223 e. The van der Waals surface area contributed by atoms with Crippen molar-refractivity contribution >= 4 is 29.1 Å². The summed E-state index contributed by atoms with van der Waals surface area (Å²) in [6.07, 6.45) is 0.489. The standard InChI is InChI=1S/C13H18Cl2N2O/c1-3-16-8-7-12(18)17(2)9-10-5-4-6-11(14)13(10)15/h4-6,16H,3,7-9H2,1-2H3. The van der Waals surface area contributed by atoms with E-state index in [0.29, 0.717) is 29.6 Å². The number of nitrogens with one attached hydrogen (secondary N) is 1. The third-order valence-electron chi connectivity index (χ3n) is 2.63. The Bertz CT molecular complexity index is 410. The van der Waals surface area contributed by atoms with Crippen LogP contribution in [0.2, 0.25) is 10.0 Å². The zero-order valence-corrected chi connectivity index (χ0v) is 12.2. The van der Waals surface area contributed by atoms with Gasteiger partial charge in [-0.15, -0.1) is 0 Å². The first-order valence-corrected chi connectivity index (χ1v) is 6.69. The van der Waals surface area contributed by atoms with Crippen molar-refractivity contribution < 1.29 is 4.79 Å². The number of carbonyl (C=O) groups excluding carboxylic acids is 1. The van der Waals surface area contributed by atoms with Crippen LogP contribution in [-0.4, -0.2) is 30.9 Å². The fourth-order valence-corrected chi connectivity index (χ4v) is 1.96. The van der Waals surface area contributed by atoms with Gasteiger partial charge in [-0.2, -0.15) is 0 Å². The van der Waals surface area contributed by atoms with Crippen LogP contribution in [0.3, 0.4) is 0 Å². The van der Waals surface area contributed by atoms with Crippen LogP contribution in [-0.2, 0) is 11.3 Å². The molecule has 0 aliphatic rings. The maximum absolute atomic E-state index is 11.8. The van der Waals surface area contributed by atoms with Crippen LogP contribution in [0.15, 0.2) is 18.2 Å². The Hall–Kier alpha value is -0.770. The molecule has 18 heavy (non-hydrogen) atoms. The highest BCUT2D eigenvalue weighted by Gasteiger charge is 2.11. The minimum absolute atomic E-state index is 0.0898. The molecule has 0 atom stereocenters. The molecule has 0 saturated heterocycles. The maximum atomic E-state index is 11.8. The number of nitrogens with zero attached hydrogens (tertiary/aromatic N) is 1. The summed E-state index contributed by atoms with van der Waals surface area (Å²) in [5, 5.41) is 4.16. The van der Waals surface area contributed by atoms with Gasteiger partial charge in [-0.1, -0.05) is 42.3 Å². The van der Waals surface area contributed by atoms with Gasteiger partial charge in [0.1, 0.15) is 0 Å². The van der Waals surface area contributed by atoms with E-state index < -0.39 is 0 Å². The summed E-state index contributed by atoms with van der Waals surface area (Å²) >= 11 is 12.0. The summed E-state index contributed by atoms with van der Waals surface area (Å²) in [7, 11) is 1.77. The van der Waals surface area contributed by atoms with Crippen molar-refractivity contribution in [1.82, 2.24) is 10.2 Å². The van der Waals surface area contributed by atoms with E-state index in [1.807, 2.05) is 19.1 Å². The molecule has 5 heteroatoms. The van der Waals surface area contributed by atoms with Gasteiger partial charge < -0.3 is 10.2 Å². The number of hydrogen-bond donors (Lipinski definition) is 1. The summed E-state index contributed by atoms with van der Waals surface area (Å²) in [4.78, 5) is 13.5. The molecule has 0 bridgehead atoms. The van der Waals surface area contributed by atoms with Gasteiger partial charge in [-0.3, -0.25) is 4.79 Å². The molecule has 1 aromatic rings. The fourth-order valence-electron chi connectivity index (χ4n) is 1.58. The number of halogens is 2. The molecule has 0 aliphatic heterocycles. The number of amides is 1. The van der Waals surface area contributed by atoms with E-state index in [-0.39, 0.29) is 5.91 Å². The Balaban J connectivity index is 2.56. The van der Waals surface area contributed by atoms with Gasteiger partial charge >= 0.3 is 0 Å². The second kappa shape index (κ2) is 7.62. The number of hydrogen-bond acceptors (Lipinski definition) is 2. The zero-order valence-electron chi connectivity index (χ0n) is 10.7. The zero-order chi connectivity index (χ0) is 13.5. The van der Waals surface area contributed by atoms with Crippen LogP contribution in [0, 0.1) is 0 Å². The summed E-state index contributed by atoms with van der Waals surface area (Å²) < 4.78 is 0. The van der Waals surface area contributed by atoms with Gasteiger partial charge in [0.2, 0.25) is 5.91 Å². The lowest BCUT2D eigenvalue weighted by Crippen LogP contribution is -2.29. The first-order chi connectivity index (χ1) is 8.56. The third-order valence-corrected chi connectivity index (χ3v) is 3.49. The van der Waals surface area contributed by atoms with Crippen molar-refractivity contribution in [2.24, 2.45) is 0 Å². The predicted octanol–water partition coefficient (Wildman–Crippen LogP) is 2.95. The van der Waals surface area contributed by atoms with Gasteiger partial charge in [-0.05, 0) is 18.2 Å². The first kappa shape index (κ1) is 15.3. The van der Waals surface area contributed by atoms with Crippen molar-refractivity contribution in [2.45, 2.75) is 19.9 Å². The highest BCUT2D eigenvalue weighted by Crippen LogP contribution is 2.26. The molecule has 1 rings (SSSR count). The van der Waals surface area contributed by atoms with Crippen molar-refractivity contribution in [1.29, 1.82) is 0 Å². The molecule has 1 aromatic carbocycles. The lowest BCUT2D eigenvalue weighted by atomic mass is 10.2. The van der Waals surface area contributed by atoms with E-state index in [1.54, 1.807) is 18.0 Å². The second-order valence-electron chi connectivity index (χ2n) is 4.07. The summed E-state index contributed by atoms with van der Waals surface area (Å²) in [6.45, 7) is 4.06. The highest BCUT2D eigenvalue weighted by molar-refractivity contribution is 6.42. The molecule has 0 radical (unpaired) electrons. The average molecular weight is 289 g/mol. The normalized spacial score (nSPS) is 10.4. The summed E-state index contributed by atoms with van der Waals surface area (Å²) in [5.41, 5.74) is 0.864. The third kappa shape index (κ3) is 4.48. The average Bonchev–Trinajstić information content (AvgIpc) is 2.35. The maximum Gasteiger partial charge on any atom is 0.223 e. The molecule has 0 fully saturated rings. The number of carbonyl (C=O) groups is 1. The first-order valence-electron chi connectivity index (χ1n) is 5.93. The molecule has 0 heterocycles. The molecular formula is C13H18Cl2N2O. The monoisotopic (exact) mass is 288 g/mol. The molecule has 0 aliphatic carbocycles. The van der Waals surface area contributed by atoms with E-state index in [9.17, 15) is 4.79 Å². The van der Waals surface area contributed by atoms with Crippen molar-refractivity contribution in [3.8, 4) is 0 Å². The SMILES string of the molecule is CCNCCC(=O)N(C)Cc1cccc(Cl)c1Cl. The van der Waals surface area contributed by atoms with Gasteiger partial charge in [0, 0.05) is 26.6 Å². The van der Waals surface area contributed by atoms with E-state index >= 15 is 0 Å². The minimum Gasteiger partial charge on any atom is -0.341 e. The summed E-state index contributed by atoms with van der Waals surface area (Å²) in [6, 6.07) is 5.45. The van der Waals surface area contributed by atoms with Crippen LogP contribution < -0.4 is 5.32 Å². The topological polar surface area (TPSA) is 32.3 Å². The minimum atomic E-state index is 0.0898. The molecule has 0 unspecified atom stereocenters. The van der Waals surface area contributed by atoms with Gasteiger partial charge in [-0.25, -0.2) is 0 Å². The molecular weight excluding hydrogens is 271 g/mol. The second-order valence-corrected chi connectivity index (χ2v) is 4.85. The van der Waals surface area contributed by atoms with E-state index in [0.717, 1.165) is 12.1 Å². The van der Waals surface area contributed by atoms with Crippen molar-refractivity contribution in [2.75, 3.05) is 20.1 Å². The quantitative estimate of drug-likeness (QED) is 0.817. The van der Waals surface area contributed by atoms with Crippen LogP contribution in [0.25, 0.3) is 0 Å². The lowest BCUT2D eigenvalue weighted by Gasteiger charge is -2.18. The Morgan fingerprint density at radius 3 is 2.78 bits per heavy atom. The van der Waals surface area contributed by atoms with Gasteiger partial charge in [0.15, 0.2) is 0 Å². The fraction of sp³-hybridized carbons (Fsp3) is 0.462. The van der Waals surface area contributed by atoms with E-state index in [2.05, 4.69) is 5.32 Å². The van der Waals surface area contributed by atoms with Gasteiger partial charge in [0.25, 0.3) is 0 Å². The molecule has 1 N–H and O–H groups in total. The Kier molecular flexibility index (Phi) is 6.47. The van der Waals surface area contributed by atoms with Crippen LogP contribution in [0.4, 0.5) is 0 Å². The van der Waals surface area contributed by atoms with E-state index in [4.69, 9.17) is 23.2 Å². The number of rotatable bonds is 6. The Labute approximate surface area is 118 Å². The highest BCUT2D eigenvalue weighted by atomic mass is 35.5. The van der Waals surface area contributed by atoms with E-state index in [1.165, 1.54) is 0 Å². The molecule has 3 nitrogen and oxygen atoms in total. The molecule has 0 aromatic heterocycles. The van der Waals surface area contributed by atoms with Crippen molar-refractivity contribution in [3.63, 3.8) is 0 Å². The molecule has 1 amide bonds.